The quantitative estimate of drug-likeness (QED) is 0.246. The van der Waals surface area contributed by atoms with Gasteiger partial charge in [0, 0.05) is 0 Å². The van der Waals surface area contributed by atoms with E-state index in [9.17, 15) is 9.59 Å². The first-order chi connectivity index (χ1) is 9.17. The van der Waals surface area contributed by atoms with Gasteiger partial charge < -0.3 is 4.74 Å². The summed E-state index contributed by atoms with van der Waals surface area (Å²) >= 11 is 0. The van der Waals surface area contributed by atoms with Crippen LogP contribution in [0.15, 0.2) is 12.2 Å². The van der Waals surface area contributed by atoms with Crippen LogP contribution in [-0.2, 0) is 14.3 Å². The molecule has 3 nitrogen and oxygen atoms in total. The molecule has 0 aliphatic rings. The van der Waals surface area contributed by atoms with E-state index in [1.54, 1.807) is 0 Å². The van der Waals surface area contributed by atoms with E-state index in [1.165, 1.54) is 32.4 Å². The summed E-state index contributed by atoms with van der Waals surface area (Å²) in [6.07, 6.45) is 11.4. The molecule has 0 aliphatic heterocycles. The molecule has 0 aromatic rings. The molecule has 0 rings (SSSR count). The Kier molecular flexibility index (Phi) is 11.2. The molecule has 0 heterocycles. The van der Waals surface area contributed by atoms with Crippen molar-refractivity contribution in [3.63, 3.8) is 0 Å². The highest BCUT2D eigenvalue weighted by Crippen LogP contribution is 2.15. The Morgan fingerprint density at radius 3 is 2.32 bits per heavy atom. The highest BCUT2D eigenvalue weighted by atomic mass is 16.5. The molecule has 3 heteroatoms. The van der Waals surface area contributed by atoms with Gasteiger partial charge in [-0.1, -0.05) is 58.4 Å². The van der Waals surface area contributed by atoms with Crippen molar-refractivity contribution in [1.82, 2.24) is 0 Å². The van der Waals surface area contributed by atoms with Crippen LogP contribution in [0.1, 0.15) is 65.2 Å². The zero-order valence-corrected chi connectivity index (χ0v) is 12.6. The number of hydrogen-bond donors (Lipinski definition) is 0. The van der Waals surface area contributed by atoms with Crippen LogP contribution in [0.5, 0.6) is 0 Å². The van der Waals surface area contributed by atoms with Gasteiger partial charge in [0.05, 0.1) is 7.11 Å². The van der Waals surface area contributed by atoms with Gasteiger partial charge in [-0.25, -0.2) is 0 Å². The van der Waals surface area contributed by atoms with Crippen molar-refractivity contribution in [2.24, 2.45) is 5.92 Å². The predicted octanol–water partition coefficient (Wildman–Crippen LogP) is 4.06. The molecular formula is C16H28O3. The van der Waals surface area contributed by atoms with E-state index < -0.39 is 11.9 Å². The van der Waals surface area contributed by atoms with Crippen LogP contribution >= 0.6 is 0 Å². The van der Waals surface area contributed by atoms with Gasteiger partial charge in [0.15, 0.2) is 5.78 Å². The molecule has 0 fully saturated rings. The van der Waals surface area contributed by atoms with Gasteiger partial charge in [-0.2, -0.15) is 0 Å². The predicted molar refractivity (Wildman–Crippen MR) is 77.9 cm³/mol. The number of hydrogen-bond acceptors (Lipinski definition) is 3. The molecule has 0 aromatic heterocycles. The first kappa shape index (κ1) is 17.9. The molecule has 0 N–H and O–H groups in total. The summed E-state index contributed by atoms with van der Waals surface area (Å²) < 4.78 is 4.72. The van der Waals surface area contributed by atoms with Crippen LogP contribution in [0.2, 0.25) is 0 Å². The largest absolute Gasteiger partial charge is 0.468 e. The van der Waals surface area contributed by atoms with Crippen LogP contribution in [0.4, 0.5) is 0 Å². The Hall–Kier alpha value is -1.12. The van der Waals surface area contributed by atoms with Crippen molar-refractivity contribution < 1.29 is 14.3 Å². The van der Waals surface area contributed by atoms with E-state index in [1.807, 2.05) is 6.08 Å². The van der Waals surface area contributed by atoms with Crippen molar-refractivity contribution in [2.75, 3.05) is 7.11 Å². The normalized spacial score (nSPS) is 12.6. The molecule has 0 spiro atoms. The molecule has 1 atom stereocenters. The first-order valence-corrected chi connectivity index (χ1v) is 7.45. The fraction of sp³-hybridized carbons (Fsp3) is 0.750. The fourth-order valence-electron chi connectivity index (χ4n) is 1.95. The van der Waals surface area contributed by atoms with Crippen LogP contribution in [-0.4, -0.2) is 18.9 Å². The van der Waals surface area contributed by atoms with Gasteiger partial charge in [-0.15, -0.1) is 0 Å². The Morgan fingerprint density at radius 2 is 1.74 bits per heavy atom. The van der Waals surface area contributed by atoms with Crippen molar-refractivity contribution in [2.45, 2.75) is 65.2 Å². The summed E-state index contributed by atoms with van der Waals surface area (Å²) in [5.41, 5.74) is 0. The second kappa shape index (κ2) is 11.9. The Bertz CT molecular complexity index is 282. The fourth-order valence-corrected chi connectivity index (χ4v) is 1.95. The third-order valence-corrected chi connectivity index (χ3v) is 3.16. The average molecular weight is 268 g/mol. The summed E-state index contributed by atoms with van der Waals surface area (Å²) in [6.45, 7) is 4.22. The van der Waals surface area contributed by atoms with E-state index >= 15 is 0 Å². The summed E-state index contributed by atoms with van der Waals surface area (Å²) in [6, 6.07) is 0. The van der Waals surface area contributed by atoms with E-state index in [0.717, 1.165) is 25.7 Å². The van der Waals surface area contributed by atoms with Gasteiger partial charge in [-0.05, 0) is 18.9 Å². The molecule has 0 saturated heterocycles. The number of unbranched alkanes of at least 4 members (excludes halogenated alkanes) is 5. The number of allylic oxidation sites excluding steroid dienone is 2. The van der Waals surface area contributed by atoms with E-state index in [2.05, 4.69) is 13.8 Å². The Morgan fingerprint density at radius 1 is 1.05 bits per heavy atom. The van der Waals surface area contributed by atoms with Gasteiger partial charge >= 0.3 is 5.97 Å². The minimum atomic E-state index is -0.611. The molecule has 0 aromatic carbocycles. The molecule has 0 saturated carbocycles. The van der Waals surface area contributed by atoms with Gasteiger partial charge in [0.1, 0.15) is 5.92 Å². The number of carbonyl (C=O) groups is 2. The minimum absolute atomic E-state index is 0.115. The van der Waals surface area contributed by atoms with Crippen LogP contribution < -0.4 is 0 Å². The van der Waals surface area contributed by atoms with E-state index in [-0.39, 0.29) is 5.78 Å². The summed E-state index contributed by atoms with van der Waals surface area (Å²) in [5, 5.41) is 0. The van der Waals surface area contributed by atoms with E-state index in [4.69, 9.17) is 4.74 Å². The molecule has 110 valence electrons. The molecule has 19 heavy (non-hydrogen) atoms. The molecule has 0 amide bonds. The summed E-state index contributed by atoms with van der Waals surface area (Å²) in [7, 11) is 1.34. The number of ether oxygens (including phenoxy) is 1. The lowest BCUT2D eigenvalue weighted by Crippen LogP contribution is -2.24. The smallest absolute Gasteiger partial charge is 0.316 e. The lowest BCUT2D eigenvalue weighted by atomic mass is 9.95. The summed E-state index contributed by atoms with van der Waals surface area (Å²) in [4.78, 5) is 23.6. The maximum absolute atomic E-state index is 12.0. The second-order valence-corrected chi connectivity index (χ2v) is 4.87. The summed E-state index contributed by atoms with van der Waals surface area (Å²) in [5.74, 6) is -1.13. The van der Waals surface area contributed by atoms with Crippen LogP contribution in [0.3, 0.4) is 0 Å². The molecule has 0 bridgehead atoms. The standard InChI is InChI=1S/C16H28O3/c1-4-6-8-9-11-12-14(16(18)19-3)15(17)13-10-7-5-2/h10,13-14H,4-9,11-12H2,1-3H3. The first-order valence-electron chi connectivity index (χ1n) is 7.45. The number of esters is 1. The number of methoxy groups -OCH3 is 1. The van der Waals surface area contributed by atoms with Crippen molar-refractivity contribution >= 4 is 11.8 Å². The maximum Gasteiger partial charge on any atom is 0.316 e. The van der Waals surface area contributed by atoms with Gasteiger partial charge in [0.25, 0.3) is 0 Å². The number of ketones is 1. The maximum atomic E-state index is 12.0. The van der Waals surface area contributed by atoms with Crippen LogP contribution in [0, 0.1) is 5.92 Å². The molecule has 0 aliphatic carbocycles. The van der Waals surface area contributed by atoms with E-state index in [0.29, 0.717) is 6.42 Å². The third kappa shape index (κ3) is 8.57. The molecular weight excluding hydrogens is 240 g/mol. The van der Waals surface area contributed by atoms with Crippen LogP contribution in [0.25, 0.3) is 0 Å². The zero-order chi connectivity index (χ0) is 14.5. The van der Waals surface area contributed by atoms with Gasteiger partial charge in [0.2, 0.25) is 0 Å². The third-order valence-electron chi connectivity index (χ3n) is 3.16. The lowest BCUT2D eigenvalue weighted by Gasteiger charge is -2.11. The Labute approximate surface area is 117 Å². The Balaban J connectivity index is 4.22. The topological polar surface area (TPSA) is 43.4 Å². The highest BCUT2D eigenvalue weighted by molar-refractivity contribution is 6.04. The monoisotopic (exact) mass is 268 g/mol. The molecule has 1 unspecified atom stereocenters. The number of rotatable bonds is 11. The second-order valence-electron chi connectivity index (χ2n) is 4.87. The van der Waals surface area contributed by atoms with Crippen molar-refractivity contribution in [1.29, 1.82) is 0 Å². The molecule has 0 radical (unpaired) electrons. The average Bonchev–Trinajstić information content (AvgIpc) is 2.42. The highest BCUT2D eigenvalue weighted by Gasteiger charge is 2.24. The lowest BCUT2D eigenvalue weighted by molar-refractivity contribution is -0.148. The SMILES string of the molecule is CCCC=CC(=O)C(CCCCCCC)C(=O)OC. The minimum Gasteiger partial charge on any atom is -0.468 e. The van der Waals surface area contributed by atoms with Gasteiger partial charge in [-0.3, -0.25) is 9.59 Å². The van der Waals surface area contributed by atoms with Crippen molar-refractivity contribution in [3.8, 4) is 0 Å². The number of carbonyl (C=O) groups excluding carboxylic acids is 2. The van der Waals surface area contributed by atoms with Crippen molar-refractivity contribution in [3.05, 3.63) is 12.2 Å². The zero-order valence-electron chi connectivity index (χ0n) is 12.6.